The van der Waals surface area contributed by atoms with Gasteiger partial charge in [0.15, 0.2) is 0 Å². The average Bonchev–Trinajstić information content (AvgIpc) is 2.37. The third-order valence-electron chi connectivity index (χ3n) is 4.70. The van der Waals surface area contributed by atoms with Gasteiger partial charge < -0.3 is 0 Å². The summed E-state index contributed by atoms with van der Waals surface area (Å²) >= 11 is 0. The van der Waals surface area contributed by atoms with E-state index in [0.29, 0.717) is 0 Å². The fourth-order valence-corrected chi connectivity index (χ4v) is 2.85. The minimum Gasteiger partial charge on any atom is -0.260 e. The van der Waals surface area contributed by atoms with Crippen LogP contribution >= 0.6 is 0 Å². The maximum absolute atomic E-state index is 4.63. The van der Waals surface area contributed by atoms with Crippen molar-refractivity contribution >= 4 is 0 Å². The summed E-state index contributed by atoms with van der Waals surface area (Å²) in [5.41, 5.74) is 4.76. The first-order valence-corrected chi connectivity index (χ1v) is 6.37. The second-order valence-electron chi connectivity index (χ2n) is 6.05. The molecule has 0 saturated heterocycles. The highest BCUT2D eigenvalue weighted by Crippen LogP contribution is 2.51. The molecular formula is C16H18N2. The van der Waals surface area contributed by atoms with Gasteiger partial charge in [0.05, 0.1) is 11.4 Å². The third kappa shape index (κ3) is 1.23. The Labute approximate surface area is 108 Å². The van der Waals surface area contributed by atoms with Crippen molar-refractivity contribution in [2.75, 3.05) is 0 Å². The molecule has 1 aliphatic rings. The van der Waals surface area contributed by atoms with Crippen molar-refractivity contribution in [3.05, 3.63) is 47.9 Å². The predicted molar refractivity (Wildman–Crippen MR) is 73.5 cm³/mol. The Hall–Kier alpha value is -1.70. The van der Waals surface area contributed by atoms with Crippen LogP contribution in [-0.4, -0.2) is 9.97 Å². The molecule has 0 aromatic carbocycles. The van der Waals surface area contributed by atoms with Gasteiger partial charge >= 0.3 is 0 Å². The lowest BCUT2D eigenvalue weighted by Crippen LogP contribution is -2.44. The molecule has 0 saturated carbocycles. The minimum absolute atomic E-state index is 0.000370. The van der Waals surface area contributed by atoms with E-state index in [9.17, 15) is 0 Å². The Balaban J connectivity index is 2.43. The van der Waals surface area contributed by atoms with Gasteiger partial charge in [0.25, 0.3) is 0 Å². The first kappa shape index (κ1) is 11.4. The molecule has 0 aliphatic heterocycles. The molecule has 2 aromatic heterocycles. The highest BCUT2D eigenvalue weighted by molar-refractivity contribution is 5.72. The largest absolute Gasteiger partial charge is 0.260 e. The second kappa shape index (κ2) is 3.41. The van der Waals surface area contributed by atoms with Crippen molar-refractivity contribution in [2.45, 2.75) is 38.5 Å². The molecular weight excluding hydrogens is 220 g/mol. The van der Waals surface area contributed by atoms with Crippen LogP contribution in [0.5, 0.6) is 0 Å². The van der Waals surface area contributed by atoms with Crippen molar-refractivity contribution in [2.24, 2.45) is 0 Å². The fourth-order valence-electron chi connectivity index (χ4n) is 2.85. The smallest absolute Gasteiger partial charge is 0.0758 e. The topological polar surface area (TPSA) is 25.8 Å². The fraction of sp³-hybridized carbons (Fsp3) is 0.375. The molecule has 0 bridgehead atoms. The number of pyridine rings is 2. The van der Waals surface area contributed by atoms with Gasteiger partial charge in [-0.15, -0.1) is 0 Å². The molecule has 0 N–H and O–H groups in total. The molecule has 0 atom stereocenters. The van der Waals surface area contributed by atoms with Crippen LogP contribution in [-0.2, 0) is 10.8 Å². The standard InChI is InChI=1S/C16H18N2/c1-15(2)12-8-6-9-17-13(12)11-7-5-10-18-14(11)16(15,3)4/h5-10H,1-4H3. The second-order valence-corrected chi connectivity index (χ2v) is 6.05. The Bertz CT molecular complexity index is 556. The van der Waals surface area contributed by atoms with Gasteiger partial charge in [-0.25, -0.2) is 0 Å². The molecule has 2 heterocycles. The highest BCUT2D eigenvalue weighted by Gasteiger charge is 2.47. The summed E-state index contributed by atoms with van der Waals surface area (Å²) in [6, 6.07) is 8.34. The van der Waals surface area contributed by atoms with Crippen LogP contribution in [0.15, 0.2) is 36.7 Å². The van der Waals surface area contributed by atoms with Gasteiger partial charge in [-0.05, 0) is 23.8 Å². The minimum atomic E-state index is -0.000370. The molecule has 0 spiro atoms. The monoisotopic (exact) mass is 238 g/mol. The van der Waals surface area contributed by atoms with Crippen LogP contribution in [0.25, 0.3) is 11.3 Å². The normalized spacial score (nSPS) is 18.9. The van der Waals surface area contributed by atoms with E-state index in [1.54, 1.807) is 0 Å². The first-order valence-electron chi connectivity index (χ1n) is 6.37. The molecule has 2 nitrogen and oxygen atoms in total. The van der Waals surface area contributed by atoms with Crippen LogP contribution in [0, 0.1) is 0 Å². The number of rotatable bonds is 0. The van der Waals surface area contributed by atoms with Gasteiger partial charge in [-0.3, -0.25) is 9.97 Å². The maximum Gasteiger partial charge on any atom is 0.0758 e. The van der Waals surface area contributed by atoms with E-state index in [1.807, 2.05) is 24.5 Å². The molecule has 0 fully saturated rings. The number of aromatic nitrogens is 2. The summed E-state index contributed by atoms with van der Waals surface area (Å²) in [6.07, 6.45) is 3.74. The average molecular weight is 238 g/mol. The number of hydrogen-bond acceptors (Lipinski definition) is 2. The van der Waals surface area contributed by atoms with Crippen molar-refractivity contribution in [1.82, 2.24) is 9.97 Å². The zero-order valence-corrected chi connectivity index (χ0v) is 11.4. The SMILES string of the molecule is CC1(C)c2cccnc2-c2cccnc2C1(C)C. The molecule has 18 heavy (non-hydrogen) atoms. The molecule has 0 amide bonds. The summed E-state index contributed by atoms with van der Waals surface area (Å²) in [5, 5.41) is 0. The molecule has 1 aliphatic carbocycles. The van der Waals surface area contributed by atoms with E-state index in [-0.39, 0.29) is 10.8 Å². The summed E-state index contributed by atoms with van der Waals surface area (Å²) in [5.74, 6) is 0. The third-order valence-corrected chi connectivity index (χ3v) is 4.70. The number of nitrogens with zero attached hydrogens (tertiary/aromatic N) is 2. The first-order chi connectivity index (χ1) is 8.46. The van der Waals surface area contributed by atoms with E-state index < -0.39 is 0 Å². The summed E-state index contributed by atoms with van der Waals surface area (Å²) in [6.45, 7) is 9.11. The van der Waals surface area contributed by atoms with Crippen molar-refractivity contribution in [3.63, 3.8) is 0 Å². The Morgan fingerprint density at radius 3 is 2.28 bits per heavy atom. The Kier molecular flexibility index (Phi) is 2.16. The van der Waals surface area contributed by atoms with E-state index in [2.05, 4.69) is 49.8 Å². The van der Waals surface area contributed by atoms with Gasteiger partial charge in [-0.1, -0.05) is 33.8 Å². The quantitative estimate of drug-likeness (QED) is 0.699. The Morgan fingerprint density at radius 2 is 1.50 bits per heavy atom. The molecule has 2 aromatic rings. The van der Waals surface area contributed by atoms with Crippen molar-refractivity contribution in [1.29, 1.82) is 0 Å². The van der Waals surface area contributed by atoms with E-state index in [4.69, 9.17) is 0 Å². The Morgan fingerprint density at radius 1 is 0.833 bits per heavy atom. The summed E-state index contributed by atoms with van der Waals surface area (Å²) in [7, 11) is 0. The van der Waals surface area contributed by atoms with Crippen molar-refractivity contribution in [3.8, 4) is 11.3 Å². The summed E-state index contributed by atoms with van der Waals surface area (Å²) in [4.78, 5) is 9.21. The van der Waals surface area contributed by atoms with Crippen LogP contribution in [0.2, 0.25) is 0 Å². The zero-order chi connectivity index (χ0) is 13.0. The molecule has 92 valence electrons. The van der Waals surface area contributed by atoms with Gasteiger partial charge in [0, 0.05) is 28.8 Å². The lowest BCUT2D eigenvalue weighted by atomic mass is 9.58. The predicted octanol–water partition coefficient (Wildman–Crippen LogP) is 3.71. The number of hydrogen-bond donors (Lipinski definition) is 0. The summed E-state index contributed by atoms with van der Waals surface area (Å²) < 4.78 is 0. The van der Waals surface area contributed by atoms with Crippen LogP contribution in [0.3, 0.4) is 0 Å². The highest BCUT2D eigenvalue weighted by atomic mass is 14.8. The van der Waals surface area contributed by atoms with Gasteiger partial charge in [-0.2, -0.15) is 0 Å². The molecule has 0 unspecified atom stereocenters. The van der Waals surface area contributed by atoms with E-state index >= 15 is 0 Å². The van der Waals surface area contributed by atoms with Crippen LogP contribution in [0.4, 0.5) is 0 Å². The lowest BCUT2D eigenvalue weighted by Gasteiger charge is -2.46. The number of fused-ring (bicyclic) bond motifs is 3. The van der Waals surface area contributed by atoms with Crippen LogP contribution in [0.1, 0.15) is 39.0 Å². The van der Waals surface area contributed by atoms with Gasteiger partial charge in [0.2, 0.25) is 0 Å². The van der Waals surface area contributed by atoms with E-state index in [1.165, 1.54) is 11.1 Å². The molecule has 3 rings (SSSR count). The zero-order valence-electron chi connectivity index (χ0n) is 11.4. The van der Waals surface area contributed by atoms with Crippen molar-refractivity contribution < 1.29 is 0 Å². The molecule has 2 heteroatoms. The van der Waals surface area contributed by atoms with Gasteiger partial charge in [0.1, 0.15) is 0 Å². The lowest BCUT2D eigenvalue weighted by molar-refractivity contribution is 0.290. The van der Waals surface area contributed by atoms with Crippen LogP contribution < -0.4 is 0 Å². The van der Waals surface area contributed by atoms with E-state index in [0.717, 1.165) is 11.4 Å². The maximum atomic E-state index is 4.63. The molecule has 0 radical (unpaired) electrons.